The number of benzene rings is 2. The van der Waals surface area contributed by atoms with Gasteiger partial charge in [0.1, 0.15) is 0 Å². The number of carbonyl (C=O) groups excluding carboxylic acids is 2. The Bertz CT molecular complexity index is 1510. The van der Waals surface area contributed by atoms with E-state index in [-0.39, 0.29) is 17.7 Å². The molecule has 1 saturated carbocycles. The van der Waals surface area contributed by atoms with E-state index in [4.69, 9.17) is 23.2 Å². The molecule has 13 heteroatoms. The van der Waals surface area contributed by atoms with Gasteiger partial charge in [-0.15, -0.1) is 5.10 Å². The Labute approximate surface area is 252 Å². The first kappa shape index (κ1) is 29.2. The number of piperazine rings is 1. The van der Waals surface area contributed by atoms with E-state index in [0.29, 0.717) is 51.1 Å². The van der Waals surface area contributed by atoms with Gasteiger partial charge in [0.25, 0.3) is 0 Å². The Morgan fingerprint density at radius 3 is 2.61 bits per heavy atom. The molecular weight excluding hydrogens is 583 g/mol. The zero-order chi connectivity index (χ0) is 29.0. The van der Waals surface area contributed by atoms with Crippen molar-refractivity contribution in [3.63, 3.8) is 0 Å². The van der Waals surface area contributed by atoms with Crippen molar-refractivity contribution >= 4 is 52.6 Å². The molecule has 2 heterocycles. The van der Waals surface area contributed by atoms with E-state index in [1.165, 1.54) is 34.8 Å². The normalized spacial score (nSPS) is 15.2. The Hall–Kier alpha value is -3.30. The van der Waals surface area contributed by atoms with Crippen molar-refractivity contribution in [3.8, 4) is 17.5 Å². The molecule has 1 aliphatic heterocycles. The lowest BCUT2D eigenvalue weighted by Crippen LogP contribution is -2.54. The third-order valence-electron chi connectivity index (χ3n) is 6.61. The Balaban J connectivity index is 1.16. The lowest BCUT2D eigenvalue weighted by Gasteiger charge is -2.30. The van der Waals surface area contributed by atoms with Crippen LogP contribution in [0.25, 0.3) is 5.69 Å². The van der Waals surface area contributed by atoms with Crippen molar-refractivity contribution < 1.29 is 9.59 Å². The second-order valence-corrected chi connectivity index (χ2v) is 12.2. The van der Waals surface area contributed by atoms with Crippen molar-refractivity contribution in [2.24, 2.45) is 0 Å². The summed E-state index contributed by atoms with van der Waals surface area (Å²) in [5.74, 6) is 6.55. The van der Waals surface area contributed by atoms with Gasteiger partial charge in [-0.2, -0.15) is 4.68 Å². The summed E-state index contributed by atoms with van der Waals surface area (Å²) in [4.78, 5) is 27.0. The summed E-state index contributed by atoms with van der Waals surface area (Å²) in [7, 11) is 0. The van der Waals surface area contributed by atoms with Crippen LogP contribution in [0.4, 0.5) is 10.5 Å². The van der Waals surface area contributed by atoms with Crippen LogP contribution in [0, 0.1) is 11.8 Å². The molecule has 0 radical (unpaired) electrons. The fourth-order valence-electron chi connectivity index (χ4n) is 4.27. The smallest absolute Gasteiger partial charge is 0.318 e. The van der Waals surface area contributed by atoms with Crippen LogP contribution in [-0.4, -0.2) is 74.5 Å². The predicted octanol–water partition coefficient (Wildman–Crippen LogP) is 4.32. The van der Waals surface area contributed by atoms with E-state index < -0.39 is 5.54 Å². The maximum Gasteiger partial charge on any atom is 0.318 e. The van der Waals surface area contributed by atoms with Gasteiger partial charge < -0.3 is 20.9 Å². The Morgan fingerprint density at radius 1 is 1.12 bits per heavy atom. The number of nitrogens with one attached hydrogen (secondary N) is 3. The number of thioether (sulfide) groups is 1. The summed E-state index contributed by atoms with van der Waals surface area (Å²) in [6, 6.07) is 10.9. The van der Waals surface area contributed by atoms with Crippen LogP contribution in [0.2, 0.25) is 10.0 Å². The fraction of sp³-hybridized carbons (Fsp3) is 0.393. The first-order valence-corrected chi connectivity index (χ1v) is 15.0. The number of rotatable bonds is 7. The zero-order valence-electron chi connectivity index (χ0n) is 22.7. The summed E-state index contributed by atoms with van der Waals surface area (Å²) in [6.07, 6.45) is 2.37. The molecule has 1 aliphatic carbocycles. The zero-order valence-corrected chi connectivity index (χ0v) is 25.0. The second kappa shape index (κ2) is 12.7. The Morgan fingerprint density at radius 2 is 1.90 bits per heavy atom. The molecule has 0 spiro atoms. The molecule has 10 nitrogen and oxygen atoms in total. The molecule has 1 aromatic heterocycles. The third kappa shape index (κ3) is 7.71. The van der Waals surface area contributed by atoms with E-state index in [2.05, 4.69) is 43.3 Å². The topological polar surface area (TPSA) is 117 Å². The number of hydrogen-bond acceptors (Lipinski definition) is 7. The van der Waals surface area contributed by atoms with Crippen molar-refractivity contribution in [3.05, 3.63) is 57.6 Å². The molecule has 214 valence electrons. The van der Waals surface area contributed by atoms with Crippen molar-refractivity contribution in [1.82, 2.24) is 35.7 Å². The fourth-order valence-corrected chi connectivity index (χ4v) is 5.45. The molecule has 2 aliphatic rings. The van der Waals surface area contributed by atoms with Crippen LogP contribution in [0.5, 0.6) is 0 Å². The first-order valence-electron chi connectivity index (χ1n) is 13.3. The van der Waals surface area contributed by atoms with Crippen LogP contribution in [0.1, 0.15) is 43.7 Å². The van der Waals surface area contributed by atoms with Gasteiger partial charge >= 0.3 is 6.03 Å². The van der Waals surface area contributed by atoms with Crippen molar-refractivity contribution in [2.75, 3.05) is 37.2 Å². The average molecular weight is 614 g/mol. The third-order valence-corrected chi connectivity index (χ3v) is 8.14. The van der Waals surface area contributed by atoms with Gasteiger partial charge in [-0.1, -0.05) is 52.9 Å². The number of aromatic nitrogens is 4. The van der Waals surface area contributed by atoms with Gasteiger partial charge in [0.05, 0.1) is 32.7 Å². The summed E-state index contributed by atoms with van der Waals surface area (Å²) in [5, 5.41) is 22.2. The molecule has 41 heavy (non-hydrogen) atoms. The maximum absolute atomic E-state index is 12.7. The molecule has 1 saturated heterocycles. The minimum atomic E-state index is -0.739. The second-order valence-electron chi connectivity index (χ2n) is 10.4. The Kier molecular flexibility index (Phi) is 9.04. The van der Waals surface area contributed by atoms with E-state index in [0.717, 1.165) is 13.1 Å². The van der Waals surface area contributed by atoms with Crippen molar-refractivity contribution in [1.29, 1.82) is 0 Å². The summed E-state index contributed by atoms with van der Waals surface area (Å²) < 4.78 is 1.53. The molecule has 3 amide bonds. The highest BCUT2D eigenvalue weighted by Crippen LogP contribution is 2.41. The molecular formula is C28H30Cl2N8O2S. The number of urea groups is 1. The molecule has 3 N–H and O–H groups in total. The standard InChI is InChI=1S/C28H30Cl2N8O2S/c1-28(2,33-26(40)37-13-11-31-12-14-37)10-9-18-3-7-23(21(29)15-18)32-25(39)17-41-27-34-35-36-38(27)24-8-6-20(16-22(24)30)19-4-5-19/h3,6-8,15-16,19,31H,4-5,11-14,17H2,1-2H3,(H,32,39)(H,33,40). The van der Waals surface area contributed by atoms with Gasteiger partial charge in [-0.05, 0) is 78.9 Å². The number of amides is 3. The molecule has 5 rings (SSSR count). The van der Waals surface area contributed by atoms with Crippen LogP contribution < -0.4 is 16.0 Å². The first-order chi connectivity index (χ1) is 19.7. The van der Waals surface area contributed by atoms with E-state index in [9.17, 15) is 9.59 Å². The molecule has 2 fully saturated rings. The van der Waals surface area contributed by atoms with Gasteiger partial charge in [0.2, 0.25) is 11.1 Å². The quantitative estimate of drug-likeness (QED) is 0.269. The van der Waals surface area contributed by atoms with Crippen LogP contribution in [0.15, 0.2) is 41.6 Å². The lowest BCUT2D eigenvalue weighted by atomic mass is 10.1. The molecule has 3 aromatic rings. The summed E-state index contributed by atoms with van der Waals surface area (Å²) in [6.45, 7) is 6.58. The minimum absolute atomic E-state index is 0.0665. The number of hydrogen-bond donors (Lipinski definition) is 3. The van der Waals surface area contributed by atoms with Gasteiger partial charge in [-0.25, -0.2) is 4.79 Å². The number of anilines is 1. The van der Waals surface area contributed by atoms with Crippen molar-refractivity contribution in [2.45, 2.75) is 43.3 Å². The number of tetrazole rings is 1. The highest BCUT2D eigenvalue weighted by atomic mass is 35.5. The van der Waals surface area contributed by atoms with Gasteiger partial charge in [0, 0.05) is 31.7 Å². The highest BCUT2D eigenvalue weighted by Gasteiger charge is 2.25. The molecule has 0 bridgehead atoms. The van der Waals surface area contributed by atoms with E-state index in [1.807, 2.05) is 32.0 Å². The van der Waals surface area contributed by atoms with Gasteiger partial charge in [-0.3, -0.25) is 4.79 Å². The van der Waals surface area contributed by atoms with Gasteiger partial charge in [0.15, 0.2) is 0 Å². The number of carbonyl (C=O) groups is 2. The van der Waals surface area contributed by atoms with Crippen LogP contribution in [-0.2, 0) is 4.79 Å². The molecule has 2 aromatic carbocycles. The predicted molar refractivity (Wildman–Crippen MR) is 161 cm³/mol. The largest absolute Gasteiger partial charge is 0.324 e. The lowest BCUT2D eigenvalue weighted by molar-refractivity contribution is -0.113. The summed E-state index contributed by atoms with van der Waals surface area (Å²) >= 11 is 14.2. The number of nitrogens with zero attached hydrogens (tertiary/aromatic N) is 5. The van der Waals surface area contributed by atoms with E-state index in [1.54, 1.807) is 23.1 Å². The maximum atomic E-state index is 12.7. The van der Waals surface area contributed by atoms with E-state index >= 15 is 0 Å². The summed E-state index contributed by atoms with van der Waals surface area (Å²) in [5.41, 5.74) is 2.27. The molecule has 0 unspecified atom stereocenters. The SMILES string of the molecule is CC(C)(C#Cc1ccc(NC(=O)CSc2nnnn2-c2ccc(C3CC3)cc2Cl)c(Cl)c1)NC(=O)N1CCNCC1. The average Bonchev–Trinajstić information content (AvgIpc) is 3.70. The minimum Gasteiger partial charge on any atom is -0.324 e. The van der Waals surface area contributed by atoms with Crippen LogP contribution >= 0.6 is 35.0 Å². The van der Waals surface area contributed by atoms with Crippen LogP contribution in [0.3, 0.4) is 0 Å². The highest BCUT2D eigenvalue weighted by molar-refractivity contribution is 7.99. The number of halogens is 2. The molecule has 0 atom stereocenters. The monoisotopic (exact) mass is 612 g/mol.